The summed E-state index contributed by atoms with van der Waals surface area (Å²) in [5.74, 6) is 1.77. The smallest absolute Gasteiger partial charge is 0.119 e. The van der Waals surface area contributed by atoms with Crippen molar-refractivity contribution in [1.82, 2.24) is 5.32 Å². The van der Waals surface area contributed by atoms with Crippen LogP contribution in [0.25, 0.3) is 0 Å². The molecule has 2 rings (SSSR count). The molecule has 0 saturated carbocycles. The van der Waals surface area contributed by atoms with Gasteiger partial charge >= 0.3 is 0 Å². The molecule has 0 aromatic heterocycles. The number of rotatable bonds is 7. The summed E-state index contributed by atoms with van der Waals surface area (Å²) in [7, 11) is 1.68. The number of benzene rings is 2. The topological polar surface area (TPSA) is 30.5 Å². The van der Waals surface area contributed by atoms with Gasteiger partial charge in [0.2, 0.25) is 0 Å². The molecule has 0 amide bonds. The molecule has 0 bridgehead atoms. The molecule has 0 heterocycles. The fourth-order valence-electron chi connectivity index (χ4n) is 1.99. The summed E-state index contributed by atoms with van der Waals surface area (Å²) in [5.41, 5.74) is 1.24. The van der Waals surface area contributed by atoms with Crippen molar-refractivity contribution in [3.8, 4) is 11.5 Å². The summed E-state index contributed by atoms with van der Waals surface area (Å²) >= 11 is 3.41. The lowest BCUT2D eigenvalue weighted by atomic mass is 10.1. The Morgan fingerprint density at radius 1 is 1.00 bits per heavy atom. The van der Waals surface area contributed by atoms with Crippen molar-refractivity contribution in [3.05, 3.63) is 58.6 Å². The summed E-state index contributed by atoms with van der Waals surface area (Å²) in [6.45, 7) is 3.58. The molecule has 0 aliphatic heterocycles. The first-order valence-corrected chi connectivity index (χ1v) is 7.74. The highest BCUT2D eigenvalue weighted by molar-refractivity contribution is 9.10. The number of methoxy groups -OCH3 is 1. The van der Waals surface area contributed by atoms with Gasteiger partial charge in [-0.2, -0.15) is 0 Å². The van der Waals surface area contributed by atoms with Gasteiger partial charge in [0, 0.05) is 17.1 Å². The SMILES string of the molecule is COc1ccc([C@@H](C)NCCOc2ccc(Br)cc2)cc1. The Balaban J connectivity index is 1.73. The first-order chi connectivity index (χ1) is 10.2. The van der Waals surface area contributed by atoms with Gasteiger partial charge in [-0.05, 0) is 48.9 Å². The molecule has 0 radical (unpaired) electrons. The number of nitrogens with one attached hydrogen (secondary N) is 1. The molecule has 0 spiro atoms. The third-order valence-electron chi connectivity index (χ3n) is 3.25. The van der Waals surface area contributed by atoms with Gasteiger partial charge < -0.3 is 14.8 Å². The molecular weight excluding hydrogens is 330 g/mol. The molecule has 0 aliphatic rings. The standard InChI is InChI=1S/C17H20BrNO2/c1-13(14-3-7-16(20-2)8-4-14)19-11-12-21-17-9-5-15(18)6-10-17/h3-10,13,19H,11-12H2,1-2H3/t13-/m1/s1. The molecule has 2 aromatic carbocycles. The molecule has 4 heteroatoms. The van der Waals surface area contributed by atoms with Crippen LogP contribution in [-0.4, -0.2) is 20.3 Å². The minimum absolute atomic E-state index is 0.282. The maximum absolute atomic E-state index is 5.68. The van der Waals surface area contributed by atoms with E-state index in [-0.39, 0.29) is 6.04 Å². The van der Waals surface area contributed by atoms with Crippen molar-refractivity contribution in [1.29, 1.82) is 0 Å². The van der Waals surface area contributed by atoms with Crippen molar-refractivity contribution in [3.63, 3.8) is 0 Å². The average Bonchev–Trinajstić information content (AvgIpc) is 2.53. The van der Waals surface area contributed by atoms with E-state index in [0.717, 1.165) is 22.5 Å². The minimum Gasteiger partial charge on any atom is -0.497 e. The highest BCUT2D eigenvalue weighted by Crippen LogP contribution is 2.17. The van der Waals surface area contributed by atoms with Crippen molar-refractivity contribution >= 4 is 15.9 Å². The third kappa shape index (κ3) is 5.06. The summed E-state index contributed by atoms with van der Waals surface area (Å²) < 4.78 is 11.9. The Kier molecular flexibility index (Phi) is 6.08. The predicted molar refractivity (Wildman–Crippen MR) is 89.0 cm³/mol. The van der Waals surface area contributed by atoms with E-state index in [9.17, 15) is 0 Å². The predicted octanol–water partition coefficient (Wildman–Crippen LogP) is 4.19. The maximum atomic E-state index is 5.68. The molecular formula is C17H20BrNO2. The zero-order valence-electron chi connectivity index (χ0n) is 12.3. The lowest BCUT2D eigenvalue weighted by Crippen LogP contribution is -2.24. The molecule has 2 aromatic rings. The van der Waals surface area contributed by atoms with Crippen LogP contribution in [0.4, 0.5) is 0 Å². The maximum Gasteiger partial charge on any atom is 0.119 e. The molecule has 0 fully saturated rings. The molecule has 1 N–H and O–H groups in total. The zero-order valence-corrected chi connectivity index (χ0v) is 13.9. The van der Waals surface area contributed by atoms with Crippen LogP contribution >= 0.6 is 15.9 Å². The minimum atomic E-state index is 0.282. The normalized spacial score (nSPS) is 12.0. The first kappa shape index (κ1) is 15.9. The monoisotopic (exact) mass is 349 g/mol. The van der Waals surface area contributed by atoms with Gasteiger partial charge in [0.1, 0.15) is 18.1 Å². The molecule has 0 aliphatic carbocycles. The summed E-state index contributed by atoms with van der Waals surface area (Å²) in [6, 6.07) is 16.2. The van der Waals surface area contributed by atoms with Gasteiger partial charge in [-0.1, -0.05) is 28.1 Å². The number of hydrogen-bond donors (Lipinski definition) is 1. The van der Waals surface area contributed by atoms with Crippen LogP contribution in [0.3, 0.4) is 0 Å². The van der Waals surface area contributed by atoms with Gasteiger partial charge in [0.25, 0.3) is 0 Å². The van der Waals surface area contributed by atoms with E-state index in [0.29, 0.717) is 6.61 Å². The van der Waals surface area contributed by atoms with Crippen LogP contribution in [0.1, 0.15) is 18.5 Å². The quantitative estimate of drug-likeness (QED) is 0.760. The van der Waals surface area contributed by atoms with E-state index in [4.69, 9.17) is 9.47 Å². The van der Waals surface area contributed by atoms with Gasteiger partial charge in [0.15, 0.2) is 0 Å². The Morgan fingerprint density at radius 3 is 2.24 bits per heavy atom. The Labute approximate surface area is 134 Å². The zero-order chi connectivity index (χ0) is 15.1. The summed E-state index contributed by atoms with van der Waals surface area (Å²) in [6.07, 6.45) is 0. The third-order valence-corrected chi connectivity index (χ3v) is 3.78. The second kappa shape index (κ2) is 8.05. The van der Waals surface area contributed by atoms with Crippen LogP contribution in [-0.2, 0) is 0 Å². The van der Waals surface area contributed by atoms with E-state index < -0.39 is 0 Å². The molecule has 3 nitrogen and oxygen atoms in total. The molecule has 0 unspecified atom stereocenters. The van der Waals surface area contributed by atoms with Gasteiger partial charge in [-0.3, -0.25) is 0 Å². The highest BCUT2D eigenvalue weighted by atomic mass is 79.9. The number of ether oxygens (including phenoxy) is 2. The lowest BCUT2D eigenvalue weighted by Gasteiger charge is -2.15. The van der Waals surface area contributed by atoms with E-state index in [2.05, 4.69) is 40.3 Å². The fourth-order valence-corrected chi connectivity index (χ4v) is 2.25. The van der Waals surface area contributed by atoms with E-state index in [1.165, 1.54) is 5.56 Å². The van der Waals surface area contributed by atoms with Crippen LogP contribution in [0.5, 0.6) is 11.5 Å². The Morgan fingerprint density at radius 2 is 1.62 bits per heavy atom. The van der Waals surface area contributed by atoms with Gasteiger partial charge in [-0.25, -0.2) is 0 Å². The second-order valence-corrected chi connectivity index (χ2v) is 5.67. The molecule has 112 valence electrons. The summed E-state index contributed by atoms with van der Waals surface area (Å²) in [4.78, 5) is 0. The second-order valence-electron chi connectivity index (χ2n) is 4.75. The lowest BCUT2D eigenvalue weighted by molar-refractivity contribution is 0.307. The highest BCUT2D eigenvalue weighted by Gasteiger charge is 2.04. The largest absolute Gasteiger partial charge is 0.497 e. The van der Waals surface area contributed by atoms with E-state index in [1.807, 2.05) is 36.4 Å². The van der Waals surface area contributed by atoms with E-state index in [1.54, 1.807) is 7.11 Å². The van der Waals surface area contributed by atoms with Crippen molar-refractivity contribution in [2.45, 2.75) is 13.0 Å². The first-order valence-electron chi connectivity index (χ1n) is 6.95. The number of halogens is 1. The van der Waals surface area contributed by atoms with E-state index >= 15 is 0 Å². The number of hydrogen-bond acceptors (Lipinski definition) is 3. The van der Waals surface area contributed by atoms with Crippen LogP contribution in [0, 0.1) is 0 Å². The van der Waals surface area contributed by atoms with Crippen LogP contribution in [0.2, 0.25) is 0 Å². The average molecular weight is 350 g/mol. The fraction of sp³-hybridized carbons (Fsp3) is 0.294. The molecule has 1 atom stereocenters. The van der Waals surface area contributed by atoms with Crippen molar-refractivity contribution < 1.29 is 9.47 Å². The van der Waals surface area contributed by atoms with Crippen molar-refractivity contribution in [2.24, 2.45) is 0 Å². The van der Waals surface area contributed by atoms with Gasteiger partial charge in [0.05, 0.1) is 7.11 Å². The van der Waals surface area contributed by atoms with Crippen molar-refractivity contribution in [2.75, 3.05) is 20.3 Å². The van der Waals surface area contributed by atoms with Crippen LogP contribution in [0.15, 0.2) is 53.0 Å². The Hall–Kier alpha value is -1.52. The van der Waals surface area contributed by atoms with Crippen LogP contribution < -0.4 is 14.8 Å². The molecule has 21 heavy (non-hydrogen) atoms. The van der Waals surface area contributed by atoms with Gasteiger partial charge in [-0.15, -0.1) is 0 Å². The Bertz CT molecular complexity index is 540. The molecule has 0 saturated heterocycles. The summed E-state index contributed by atoms with van der Waals surface area (Å²) in [5, 5.41) is 3.44.